The first-order chi connectivity index (χ1) is 13.9. The van der Waals surface area contributed by atoms with Crippen molar-refractivity contribution in [2.24, 2.45) is 0 Å². The van der Waals surface area contributed by atoms with Crippen LogP contribution in [0.4, 0.5) is 0 Å². The van der Waals surface area contributed by atoms with Crippen LogP contribution in [0.15, 0.2) is 0 Å². The molecular weight excluding hydrogens is 372 g/mol. The molecule has 0 aromatic carbocycles. The third-order valence-corrected chi connectivity index (χ3v) is 6.06. The van der Waals surface area contributed by atoms with E-state index in [1.54, 1.807) is 0 Å². The third-order valence-electron chi connectivity index (χ3n) is 6.06. The summed E-state index contributed by atoms with van der Waals surface area (Å²) in [6.45, 7) is 3.78. The van der Waals surface area contributed by atoms with Crippen molar-refractivity contribution in [2.75, 3.05) is 0 Å². The summed E-state index contributed by atoms with van der Waals surface area (Å²) in [6, 6.07) is 0. The van der Waals surface area contributed by atoms with E-state index in [1.807, 2.05) is 0 Å². The molecule has 6 heteroatoms. The van der Waals surface area contributed by atoms with E-state index in [4.69, 9.17) is 4.74 Å². The number of ketones is 1. The Morgan fingerprint density at radius 1 is 0.759 bits per heavy atom. The molecule has 0 bridgehead atoms. The minimum absolute atomic E-state index is 0.235. The van der Waals surface area contributed by atoms with Gasteiger partial charge in [0, 0.05) is 6.42 Å². The molecule has 0 aromatic rings. The highest BCUT2D eigenvalue weighted by Gasteiger charge is 2.46. The second-order valence-electron chi connectivity index (χ2n) is 8.68. The largest absolute Gasteiger partial charge is 0.388 e. The summed E-state index contributed by atoms with van der Waals surface area (Å²) in [4.78, 5) is 12.2. The average Bonchev–Trinajstić information content (AvgIpc) is 2.71. The highest BCUT2D eigenvalue weighted by atomic mass is 16.5. The molecule has 6 nitrogen and oxygen atoms in total. The summed E-state index contributed by atoms with van der Waals surface area (Å²) in [7, 11) is 0. The highest BCUT2D eigenvalue weighted by molar-refractivity contribution is 5.83. The van der Waals surface area contributed by atoms with Crippen molar-refractivity contribution < 1.29 is 30.0 Å². The minimum Gasteiger partial charge on any atom is -0.388 e. The van der Waals surface area contributed by atoms with Crippen LogP contribution in [0, 0.1) is 0 Å². The van der Waals surface area contributed by atoms with E-state index in [0.29, 0.717) is 6.42 Å². The van der Waals surface area contributed by atoms with Gasteiger partial charge in [-0.25, -0.2) is 0 Å². The van der Waals surface area contributed by atoms with Crippen LogP contribution < -0.4 is 0 Å². The predicted octanol–water partition coefficient (Wildman–Crippen LogP) is 3.27. The standard InChI is InChI=1S/C23H44O6/c1-3-4-5-6-7-8-9-10-11-12-13-14-15-16-18(24)20(26)23-22(28)21(27)19(25)17(2)29-23/h17,19-23,25-28H,3-16H2,1-2H3/t17-,19-,20?,21+,22+,23?/m0/s1. The molecule has 0 aromatic heterocycles. The topological polar surface area (TPSA) is 107 Å². The van der Waals surface area contributed by atoms with Crippen molar-refractivity contribution in [1.29, 1.82) is 0 Å². The van der Waals surface area contributed by atoms with E-state index in [0.717, 1.165) is 12.8 Å². The Morgan fingerprint density at radius 3 is 1.69 bits per heavy atom. The van der Waals surface area contributed by atoms with Crippen LogP contribution in [0.5, 0.6) is 0 Å². The lowest BCUT2D eigenvalue weighted by atomic mass is 9.90. The number of aliphatic hydroxyl groups is 4. The average molecular weight is 417 g/mol. The van der Waals surface area contributed by atoms with Gasteiger partial charge < -0.3 is 25.2 Å². The van der Waals surface area contributed by atoms with Gasteiger partial charge in [-0.1, -0.05) is 84.0 Å². The minimum atomic E-state index is -1.48. The molecule has 1 aliphatic heterocycles. The van der Waals surface area contributed by atoms with Crippen LogP contribution in [0.2, 0.25) is 0 Å². The fourth-order valence-electron chi connectivity index (χ4n) is 3.99. The van der Waals surface area contributed by atoms with Crippen LogP contribution in [-0.4, -0.2) is 62.8 Å². The van der Waals surface area contributed by atoms with Gasteiger partial charge in [-0.15, -0.1) is 0 Å². The Kier molecular flexibility index (Phi) is 14.0. The van der Waals surface area contributed by atoms with Crippen LogP contribution in [0.25, 0.3) is 0 Å². The molecule has 0 radical (unpaired) electrons. The van der Waals surface area contributed by atoms with E-state index in [-0.39, 0.29) is 12.2 Å². The van der Waals surface area contributed by atoms with Gasteiger partial charge in [0.05, 0.1) is 6.10 Å². The summed E-state index contributed by atoms with van der Waals surface area (Å²) in [5, 5.41) is 39.7. The molecule has 1 aliphatic rings. The van der Waals surface area contributed by atoms with Crippen LogP contribution >= 0.6 is 0 Å². The van der Waals surface area contributed by atoms with E-state index < -0.39 is 36.6 Å². The van der Waals surface area contributed by atoms with Gasteiger partial charge in [-0.2, -0.15) is 0 Å². The summed E-state index contributed by atoms with van der Waals surface area (Å²) < 4.78 is 5.35. The first-order valence-corrected chi connectivity index (χ1v) is 11.8. The van der Waals surface area contributed by atoms with Crippen LogP contribution in [-0.2, 0) is 9.53 Å². The Labute approximate surface area is 176 Å². The fraction of sp³-hybridized carbons (Fsp3) is 0.957. The van der Waals surface area contributed by atoms with Gasteiger partial charge in [-0.05, 0) is 13.3 Å². The Hall–Kier alpha value is -0.530. The molecule has 1 saturated heterocycles. The van der Waals surface area contributed by atoms with Crippen molar-refractivity contribution in [3.63, 3.8) is 0 Å². The van der Waals surface area contributed by atoms with E-state index >= 15 is 0 Å². The molecule has 0 saturated carbocycles. The monoisotopic (exact) mass is 416 g/mol. The number of Topliss-reactive ketones (excluding diaryl/α,β-unsaturated/α-hetero) is 1. The van der Waals surface area contributed by atoms with E-state index in [9.17, 15) is 25.2 Å². The summed E-state index contributed by atoms with van der Waals surface area (Å²) >= 11 is 0. The molecule has 1 fully saturated rings. The molecule has 0 spiro atoms. The molecule has 172 valence electrons. The molecule has 2 unspecified atom stereocenters. The first-order valence-electron chi connectivity index (χ1n) is 11.8. The zero-order valence-corrected chi connectivity index (χ0v) is 18.5. The van der Waals surface area contributed by atoms with Gasteiger partial charge >= 0.3 is 0 Å². The van der Waals surface area contributed by atoms with Crippen molar-refractivity contribution in [2.45, 2.75) is 140 Å². The summed E-state index contributed by atoms with van der Waals surface area (Å²) in [5.41, 5.74) is 0. The zero-order valence-electron chi connectivity index (χ0n) is 18.5. The van der Waals surface area contributed by atoms with Gasteiger partial charge in [0.2, 0.25) is 0 Å². The number of unbranched alkanes of at least 4 members (excludes halogenated alkanes) is 12. The molecular formula is C23H44O6. The van der Waals surface area contributed by atoms with Gasteiger partial charge in [-0.3, -0.25) is 4.79 Å². The smallest absolute Gasteiger partial charge is 0.164 e. The van der Waals surface area contributed by atoms with Crippen molar-refractivity contribution in [3.05, 3.63) is 0 Å². The summed E-state index contributed by atoms with van der Waals surface area (Å²) in [6.07, 6.45) is 8.53. The summed E-state index contributed by atoms with van der Waals surface area (Å²) in [5.74, 6) is -0.382. The second-order valence-corrected chi connectivity index (χ2v) is 8.68. The maximum absolute atomic E-state index is 12.2. The quantitative estimate of drug-likeness (QED) is 0.288. The van der Waals surface area contributed by atoms with Gasteiger partial charge in [0.25, 0.3) is 0 Å². The van der Waals surface area contributed by atoms with Crippen LogP contribution in [0.3, 0.4) is 0 Å². The van der Waals surface area contributed by atoms with Crippen molar-refractivity contribution in [1.82, 2.24) is 0 Å². The zero-order chi connectivity index (χ0) is 21.6. The Balaban J connectivity index is 2.05. The number of aliphatic hydroxyl groups excluding tert-OH is 4. The SMILES string of the molecule is CCCCCCCCCCCCCCCC(=O)C(O)C1O[C@@H](C)[C@H](O)[C@@H](O)[C@H]1O. The molecule has 1 heterocycles. The molecule has 29 heavy (non-hydrogen) atoms. The predicted molar refractivity (Wildman–Crippen MR) is 114 cm³/mol. The normalized spacial score (nSPS) is 28.4. The molecule has 0 amide bonds. The third kappa shape index (κ3) is 9.88. The second kappa shape index (κ2) is 15.3. The lowest BCUT2D eigenvalue weighted by Crippen LogP contribution is -2.61. The number of carbonyl (C=O) groups excluding carboxylic acids is 1. The highest BCUT2D eigenvalue weighted by Crippen LogP contribution is 2.24. The van der Waals surface area contributed by atoms with Gasteiger partial charge in [0.15, 0.2) is 5.78 Å². The number of carbonyl (C=O) groups is 1. The van der Waals surface area contributed by atoms with Crippen molar-refractivity contribution in [3.8, 4) is 0 Å². The molecule has 1 rings (SSSR count). The number of hydrogen-bond acceptors (Lipinski definition) is 6. The maximum atomic E-state index is 12.2. The number of rotatable bonds is 16. The molecule has 6 atom stereocenters. The van der Waals surface area contributed by atoms with Crippen molar-refractivity contribution >= 4 is 5.78 Å². The molecule has 0 aliphatic carbocycles. The van der Waals surface area contributed by atoms with Gasteiger partial charge in [0.1, 0.15) is 30.5 Å². The van der Waals surface area contributed by atoms with E-state index in [1.165, 1.54) is 71.1 Å². The maximum Gasteiger partial charge on any atom is 0.164 e. The van der Waals surface area contributed by atoms with Crippen LogP contribution in [0.1, 0.15) is 104 Å². The number of ether oxygens (including phenoxy) is 1. The Bertz CT molecular complexity index is 430. The fourth-order valence-corrected chi connectivity index (χ4v) is 3.99. The molecule has 4 N–H and O–H groups in total. The first kappa shape index (κ1) is 26.5. The lowest BCUT2D eigenvalue weighted by molar-refractivity contribution is -0.236. The van der Waals surface area contributed by atoms with E-state index in [2.05, 4.69) is 6.92 Å². The Morgan fingerprint density at radius 2 is 1.21 bits per heavy atom. The number of hydrogen-bond donors (Lipinski definition) is 4. The lowest BCUT2D eigenvalue weighted by Gasteiger charge is -2.40.